The second kappa shape index (κ2) is 6.28. The molecule has 1 aromatic carbocycles. The van der Waals surface area contributed by atoms with Crippen LogP contribution in [0.15, 0.2) is 24.3 Å². The summed E-state index contributed by atoms with van der Waals surface area (Å²) in [5, 5.41) is 3.25. The van der Waals surface area contributed by atoms with Crippen LogP contribution in [0.25, 0.3) is 0 Å². The lowest BCUT2D eigenvalue weighted by Crippen LogP contribution is -2.27. The van der Waals surface area contributed by atoms with Crippen LogP contribution in [0, 0.1) is 0 Å². The smallest absolute Gasteiger partial charge is 0.163 e. The number of hydrogen-bond donors (Lipinski definition) is 1. The van der Waals surface area contributed by atoms with E-state index in [0.717, 1.165) is 6.54 Å². The number of ether oxygens (including phenoxy) is 1. The zero-order chi connectivity index (χ0) is 12.0. The fraction of sp³-hybridized carbons (Fsp3) is 0.462. The topological polar surface area (TPSA) is 38.3 Å². The Morgan fingerprint density at radius 1 is 1.38 bits per heavy atom. The molecule has 0 fully saturated rings. The van der Waals surface area contributed by atoms with Gasteiger partial charge in [-0.2, -0.15) is 0 Å². The Hall–Kier alpha value is -1.35. The lowest BCUT2D eigenvalue weighted by Gasteiger charge is -2.11. The monoisotopic (exact) mass is 221 g/mol. The number of Topliss-reactive ketones (excluding diaryl/α,β-unsaturated/α-hetero) is 1. The fourth-order valence-electron chi connectivity index (χ4n) is 1.39. The molecule has 0 aliphatic rings. The van der Waals surface area contributed by atoms with Gasteiger partial charge in [-0.25, -0.2) is 0 Å². The van der Waals surface area contributed by atoms with Crippen LogP contribution in [0.5, 0.6) is 5.75 Å². The van der Waals surface area contributed by atoms with E-state index in [1.807, 2.05) is 18.2 Å². The predicted octanol–water partition coefficient (Wildman–Crippen LogP) is 2.27. The summed E-state index contributed by atoms with van der Waals surface area (Å²) in [6.07, 6.45) is 0. The van der Waals surface area contributed by atoms with Gasteiger partial charge < -0.3 is 10.1 Å². The van der Waals surface area contributed by atoms with Gasteiger partial charge in [-0.05, 0) is 19.1 Å². The van der Waals surface area contributed by atoms with Crippen LogP contribution in [-0.2, 0) is 0 Å². The molecule has 0 radical (unpaired) electrons. The summed E-state index contributed by atoms with van der Waals surface area (Å²) in [6, 6.07) is 7.78. The molecule has 0 atom stereocenters. The van der Waals surface area contributed by atoms with Crippen LogP contribution >= 0.6 is 0 Å². The molecule has 0 aliphatic heterocycles. The SMILES string of the molecule is CC(=O)c1ccccc1OCCNC(C)C. The average Bonchev–Trinajstić information content (AvgIpc) is 2.24. The van der Waals surface area contributed by atoms with Crippen molar-refractivity contribution >= 4 is 5.78 Å². The first-order valence-corrected chi connectivity index (χ1v) is 5.57. The van der Waals surface area contributed by atoms with Gasteiger partial charge in [0.15, 0.2) is 5.78 Å². The summed E-state index contributed by atoms with van der Waals surface area (Å²) in [5.74, 6) is 0.702. The van der Waals surface area contributed by atoms with Gasteiger partial charge in [0, 0.05) is 12.6 Å². The van der Waals surface area contributed by atoms with Crippen molar-refractivity contribution in [2.45, 2.75) is 26.8 Å². The molecule has 1 N–H and O–H groups in total. The first-order valence-electron chi connectivity index (χ1n) is 5.57. The van der Waals surface area contributed by atoms with Gasteiger partial charge in [-0.1, -0.05) is 26.0 Å². The van der Waals surface area contributed by atoms with Crippen LogP contribution in [-0.4, -0.2) is 25.0 Å². The van der Waals surface area contributed by atoms with E-state index in [9.17, 15) is 4.79 Å². The van der Waals surface area contributed by atoms with Crippen molar-refractivity contribution < 1.29 is 9.53 Å². The summed E-state index contributed by atoms with van der Waals surface area (Å²) in [7, 11) is 0. The Bertz CT molecular complexity index is 348. The van der Waals surface area contributed by atoms with Crippen LogP contribution in [0.1, 0.15) is 31.1 Å². The zero-order valence-corrected chi connectivity index (χ0v) is 10.1. The molecule has 0 heterocycles. The van der Waals surface area contributed by atoms with Crippen LogP contribution in [0.4, 0.5) is 0 Å². The minimum Gasteiger partial charge on any atom is -0.492 e. The third-order valence-electron chi connectivity index (χ3n) is 2.18. The lowest BCUT2D eigenvalue weighted by atomic mass is 10.1. The number of benzene rings is 1. The highest BCUT2D eigenvalue weighted by atomic mass is 16.5. The molecule has 0 saturated carbocycles. The normalized spacial score (nSPS) is 10.5. The molecule has 1 aromatic rings. The van der Waals surface area contributed by atoms with E-state index in [1.165, 1.54) is 0 Å². The molecule has 0 saturated heterocycles. The van der Waals surface area contributed by atoms with Crippen molar-refractivity contribution in [3.8, 4) is 5.75 Å². The molecule has 88 valence electrons. The minimum atomic E-state index is 0.0346. The highest BCUT2D eigenvalue weighted by Crippen LogP contribution is 2.17. The summed E-state index contributed by atoms with van der Waals surface area (Å²) >= 11 is 0. The van der Waals surface area contributed by atoms with Gasteiger partial charge in [0.05, 0.1) is 5.56 Å². The quantitative estimate of drug-likeness (QED) is 0.591. The first kappa shape index (κ1) is 12.7. The Labute approximate surface area is 96.8 Å². The van der Waals surface area contributed by atoms with Crippen molar-refractivity contribution in [2.24, 2.45) is 0 Å². The largest absolute Gasteiger partial charge is 0.492 e. The van der Waals surface area contributed by atoms with E-state index in [-0.39, 0.29) is 5.78 Å². The van der Waals surface area contributed by atoms with Crippen molar-refractivity contribution in [1.29, 1.82) is 0 Å². The number of rotatable bonds is 6. The van der Waals surface area contributed by atoms with E-state index < -0.39 is 0 Å². The van der Waals surface area contributed by atoms with Crippen LogP contribution in [0.3, 0.4) is 0 Å². The van der Waals surface area contributed by atoms with Gasteiger partial charge in [0.1, 0.15) is 12.4 Å². The lowest BCUT2D eigenvalue weighted by molar-refractivity contribution is 0.101. The van der Waals surface area contributed by atoms with Gasteiger partial charge in [-0.15, -0.1) is 0 Å². The fourth-order valence-corrected chi connectivity index (χ4v) is 1.39. The molecule has 0 bridgehead atoms. The summed E-state index contributed by atoms with van der Waals surface area (Å²) < 4.78 is 5.57. The maximum absolute atomic E-state index is 11.3. The van der Waals surface area contributed by atoms with Crippen molar-refractivity contribution in [3.05, 3.63) is 29.8 Å². The Morgan fingerprint density at radius 3 is 2.69 bits per heavy atom. The maximum Gasteiger partial charge on any atom is 0.163 e. The third kappa shape index (κ3) is 4.03. The molecule has 0 amide bonds. The molecule has 0 aliphatic carbocycles. The van der Waals surface area contributed by atoms with E-state index in [1.54, 1.807) is 13.0 Å². The highest BCUT2D eigenvalue weighted by Gasteiger charge is 2.06. The summed E-state index contributed by atoms with van der Waals surface area (Å²) in [4.78, 5) is 11.3. The second-order valence-corrected chi connectivity index (χ2v) is 4.01. The molecular formula is C13H19NO2. The molecule has 16 heavy (non-hydrogen) atoms. The number of carbonyl (C=O) groups is 1. The Morgan fingerprint density at radius 2 is 2.06 bits per heavy atom. The molecule has 0 unspecified atom stereocenters. The maximum atomic E-state index is 11.3. The Balaban J connectivity index is 2.50. The second-order valence-electron chi connectivity index (χ2n) is 4.01. The zero-order valence-electron chi connectivity index (χ0n) is 10.1. The van der Waals surface area contributed by atoms with Crippen molar-refractivity contribution in [3.63, 3.8) is 0 Å². The van der Waals surface area contributed by atoms with E-state index in [2.05, 4.69) is 19.2 Å². The van der Waals surface area contributed by atoms with E-state index in [4.69, 9.17) is 4.74 Å². The van der Waals surface area contributed by atoms with Gasteiger partial charge >= 0.3 is 0 Å². The van der Waals surface area contributed by atoms with Crippen LogP contribution in [0.2, 0.25) is 0 Å². The summed E-state index contributed by atoms with van der Waals surface area (Å²) in [5.41, 5.74) is 0.645. The molecule has 3 heteroatoms. The highest BCUT2D eigenvalue weighted by molar-refractivity contribution is 5.96. The van der Waals surface area contributed by atoms with E-state index >= 15 is 0 Å². The Kier molecular flexibility index (Phi) is 4.99. The van der Waals surface area contributed by atoms with Crippen molar-refractivity contribution in [2.75, 3.05) is 13.2 Å². The minimum absolute atomic E-state index is 0.0346. The molecule has 0 aromatic heterocycles. The number of para-hydroxylation sites is 1. The number of nitrogens with one attached hydrogen (secondary N) is 1. The molecule has 1 rings (SSSR count). The average molecular weight is 221 g/mol. The standard InChI is InChI=1S/C13H19NO2/c1-10(2)14-8-9-16-13-7-5-4-6-12(13)11(3)15/h4-7,10,14H,8-9H2,1-3H3. The van der Waals surface area contributed by atoms with E-state index in [0.29, 0.717) is 24.0 Å². The first-order chi connectivity index (χ1) is 7.61. The van der Waals surface area contributed by atoms with Crippen molar-refractivity contribution in [1.82, 2.24) is 5.32 Å². The number of ketones is 1. The summed E-state index contributed by atoms with van der Waals surface area (Å²) in [6.45, 7) is 7.08. The predicted molar refractivity (Wildman–Crippen MR) is 65.1 cm³/mol. The third-order valence-corrected chi connectivity index (χ3v) is 2.18. The molecular weight excluding hydrogens is 202 g/mol. The van der Waals surface area contributed by atoms with Gasteiger partial charge in [0.2, 0.25) is 0 Å². The van der Waals surface area contributed by atoms with Gasteiger partial charge in [-0.3, -0.25) is 4.79 Å². The molecule has 3 nitrogen and oxygen atoms in total. The molecule has 0 spiro atoms. The van der Waals surface area contributed by atoms with Crippen LogP contribution < -0.4 is 10.1 Å². The number of carbonyl (C=O) groups excluding carboxylic acids is 1. The number of hydrogen-bond acceptors (Lipinski definition) is 3. The van der Waals surface area contributed by atoms with Gasteiger partial charge in [0.25, 0.3) is 0 Å².